The number of nitrogens with one attached hydrogen (secondary N) is 1. The Hall–Kier alpha value is -3.21. The minimum atomic E-state index is -0.330. The summed E-state index contributed by atoms with van der Waals surface area (Å²) in [7, 11) is 3.71. The number of aryl methyl sites for hydroxylation is 1. The Balaban J connectivity index is 1.43. The summed E-state index contributed by atoms with van der Waals surface area (Å²) in [5.41, 5.74) is 7.42. The fraction of sp³-hybridized carbons (Fsp3) is 0.343. The monoisotopic (exact) mass is 538 g/mol. The van der Waals surface area contributed by atoms with E-state index in [0.717, 1.165) is 12.0 Å². The third kappa shape index (κ3) is 7.90. The summed E-state index contributed by atoms with van der Waals surface area (Å²) in [4.78, 5) is 16.2. The number of likely N-dealkylation sites (N-methyl/N-ethyl adjacent to an activating group) is 2. The van der Waals surface area contributed by atoms with Gasteiger partial charge in [0.2, 0.25) is 5.91 Å². The van der Waals surface area contributed by atoms with Crippen molar-refractivity contribution in [3.05, 3.63) is 107 Å². The van der Waals surface area contributed by atoms with Crippen molar-refractivity contribution in [2.75, 3.05) is 14.1 Å². The zero-order valence-electron chi connectivity index (χ0n) is 23.7. The van der Waals surface area contributed by atoms with Gasteiger partial charge in [-0.25, -0.2) is 0 Å². The molecule has 4 heteroatoms. The van der Waals surface area contributed by atoms with Gasteiger partial charge in [-0.1, -0.05) is 112 Å². The molecule has 0 saturated carbocycles. The highest BCUT2D eigenvalue weighted by Gasteiger charge is 2.24. The van der Waals surface area contributed by atoms with E-state index in [1.807, 2.05) is 48.7 Å². The number of unbranched alkanes of at least 4 members (excludes halogenated alkanes) is 5. The largest absolute Gasteiger partial charge is 0.358 e. The van der Waals surface area contributed by atoms with Gasteiger partial charge in [-0.2, -0.15) is 0 Å². The molecule has 1 heterocycles. The predicted molar refractivity (Wildman–Crippen MR) is 167 cm³/mol. The van der Waals surface area contributed by atoms with Crippen LogP contribution in [0.15, 0.2) is 90.3 Å². The fourth-order valence-corrected chi connectivity index (χ4v) is 6.23. The van der Waals surface area contributed by atoms with Gasteiger partial charge in [0.25, 0.3) is 0 Å². The molecule has 1 atom stereocenters. The lowest BCUT2D eigenvalue weighted by Gasteiger charge is -2.27. The minimum Gasteiger partial charge on any atom is -0.358 e. The molecule has 1 aromatic heterocycles. The zero-order chi connectivity index (χ0) is 27.5. The molecule has 0 radical (unpaired) electrons. The molecule has 3 aromatic carbocycles. The van der Waals surface area contributed by atoms with E-state index >= 15 is 0 Å². The van der Waals surface area contributed by atoms with Crippen LogP contribution < -0.4 is 5.32 Å². The minimum absolute atomic E-state index is 0.00146. The molecule has 1 unspecified atom stereocenters. The van der Waals surface area contributed by atoms with E-state index < -0.39 is 0 Å². The second-order valence-corrected chi connectivity index (χ2v) is 11.3. The van der Waals surface area contributed by atoms with E-state index in [-0.39, 0.29) is 11.9 Å². The Morgan fingerprint density at radius 1 is 0.821 bits per heavy atom. The van der Waals surface area contributed by atoms with Gasteiger partial charge in [0.05, 0.1) is 0 Å². The topological polar surface area (TPSA) is 32.3 Å². The Kier molecular flexibility index (Phi) is 10.9. The highest BCUT2D eigenvalue weighted by atomic mass is 32.1. The number of hydrogen-bond acceptors (Lipinski definition) is 3. The highest BCUT2D eigenvalue weighted by Crippen LogP contribution is 2.34. The van der Waals surface area contributed by atoms with Crippen molar-refractivity contribution < 1.29 is 4.79 Å². The Labute approximate surface area is 238 Å². The van der Waals surface area contributed by atoms with Crippen molar-refractivity contribution in [3.63, 3.8) is 0 Å². The first-order chi connectivity index (χ1) is 19.1. The van der Waals surface area contributed by atoms with Crippen LogP contribution in [0.25, 0.3) is 21.6 Å². The van der Waals surface area contributed by atoms with Gasteiger partial charge in [0, 0.05) is 18.5 Å². The third-order valence-corrected chi connectivity index (χ3v) is 8.45. The lowest BCUT2D eigenvalue weighted by Crippen LogP contribution is -2.36. The van der Waals surface area contributed by atoms with Gasteiger partial charge in [-0.3, -0.25) is 9.69 Å². The summed E-state index contributed by atoms with van der Waals surface area (Å²) in [6.45, 7) is 2.96. The van der Waals surface area contributed by atoms with Crippen molar-refractivity contribution in [2.24, 2.45) is 0 Å². The summed E-state index contributed by atoms with van der Waals surface area (Å²) in [6.07, 6.45) is 9.15. The number of carbonyl (C=O) groups is 1. The van der Waals surface area contributed by atoms with E-state index in [9.17, 15) is 4.79 Å². The van der Waals surface area contributed by atoms with Crippen LogP contribution in [0.5, 0.6) is 0 Å². The molecule has 204 valence electrons. The standard InChI is InChI=1S/C35H42N2OS/c1-4-5-6-7-8-10-16-30-23-24-39-34(30)32-18-13-17-31(25-32)28-21-19-27(20-22-28)26-37(3)33(35(38)36-2)29-14-11-9-12-15-29/h9,11-15,17-25,33H,4-8,10,16,26H2,1-3H3,(H,36,38). The number of nitrogens with zero attached hydrogens (tertiary/aromatic N) is 1. The van der Waals surface area contributed by atoms with Crippen LogP contribution in [0.4, 0.5) is 0 Å². The lowest BCUT2D eigenvalue weighted by atomic mass is 9.98. The van der Waals surface area contributed by atoms with E-state index in [4.69, 9.17) is 0 Å². The fourth-order valence-electron chi connectivity index (χ4n) is 5.28. The summed E-state index contributed by atoms with van der Waals surface area (Å²) >= 11 is 1.85. The van der Waals surface area contributed by atoms with Crippen molar-refractivity contribution in [2.45, 2.75) is 64.5 Å². The predicted octanol–water partition coefficient (Wildman–Crippen LogP) is 8.90. The summed E-state index contributed by atoms with van der Waals surface area (Å²) < 4.78 is 0. The van der Waals surface area contributed by atoms with Crippen LogP contribution in [0.2, 0.25) is 0 Å². The molecule has 0 spiro atoms. The molecule has 1 N–H and O–H groups in total. The van der Waals surface area contributed by atoms with Gasteiger partial charge in [0.1, 0.15) is 6.04 Å². The molecule has 1 amide bonds. The van der Waals surface area contributed by atoms with Gasteiger partial charge < -0.3 is 5.32 Å². The SMILES string of the molecule is CCCCCCCCc1ccsc1-c1cccc(-c2ccc(CN(C)C(C(=O)NC)c3ccccc3)cc2)c1. The smallest absolute Gasteiger partial charge is 0.241 e. The van der Waals surface area contributed by atoms with Crippen LogP contribution >= 0.6 is 11.3 Å². The molecule has 4 rings (SSSR count). The second-order valence-electron chi connectivity index (χ2n) is 10.4. The zero-order valence-corrected chi connectivity index (χ0v) is 24.5. The van der Waals surface area contributed by atoms with Crippen LogP contribution in [0.1, 0.15) is 68.2 Å². The van der Waals surface area contributed by atoms with Gasteiger partial charge in [0.15, 0.2) is 0 Å². The van der Waals surface area contributed by atoms with Crippen molar-refractivity contribution in [1.29, 1.82) is 0 Å². The highest BCUT2D eigenvalue weighted by molar-refractivity contribution is 7.13. The molecule has 4 aromatic rings. The molecule has 39 heavy (non-hydrogen) atoms. The number of thiophene rings is 1. The molecular formula is C35H42N2OS. The molecule has 0 aliphatic rings. The van der Waals surface area contributed by atoms with Crippen LogP contribution in [0.3, 0.4) is 0 Å². The number of benzene rings is 3. The van der Waals surface area contributed by atoms with Gasteiger partial charge in [-0.15, -0.1) is 11.3 Å². The number of hydrogen-bond donors (Lipinski definition) is 1. The molecular weight excluding hydrogens is 496 g/mol. The second kappa shape index (κ2) is 14.8. The molecule has 0 fully saturated rings. The van der Waals surface area contributed by atoms with Crippen molar-refractivity contribution in [3.8, 4) is 21.6 Å². The summed E-state index contributed by atoms with van der Waals surface area (Å²) in [6, 6.07) is 29.7. The summed E-state index contributed by atoms with van der Waals surface area (Å²) in [5.74, 6) is 0.00146. The molecule has 0 saturated heterocycles. The Bertz CT molecular complexity index is 1300. The maximum Gasteiger partial charge on any atom is 0.241 e. The van der Waals surface area contributed by atoms with Crippen LogP contribution in [-0.4, -0.2) is 24.9 Å². The van der Waals surface area contributed by atoms with Crippen molar-refractivity contribution in [1.82, 2.24) is 10.2 Å². The summed E-state index contributed by atoms with van der Waals surface area (Å²) in [5, 5.41) is 5.06. The average molecular weight is 539 g/mol. The van der Waals surface area contributed by atoms with E-state index in [1.54, 1.807) is 7.05 Å². The molecule has 0 bridgehead atoms. The van der Waals surface area contributed by atoms with Crippen LogP contribution in [0, 0.1) is 0 Å². The number of carbonyl (C=O) groups excluding carboxylic acids is 1. The van der Waals surface area contributed by atoms with E-state index in [2.05, 4.69) is 77.1 Å². The first-order valence-corrected chi connectivity index (χ1v) is 15.2. The number of amides is 1. The normalized spacial score (nSPS) is 12.0. The van der Waals surface area contributed by atoms with Gasteiger partial charge >= 0.3 is 0 Å². The third-order valence-electron chi connectivity index (χ3n) is 7.44. The molecule has 3 nitrogen and oxygen atoms in total. The van der Waals surface area contributed by atoms with E-state index in [1.165, 1.54) is 71.2 Å². The quantitative estimate of drug-likeness (QED) is 0.163. The maximum atomic E-state index is 12.7. The number of rotatable bonds is 14. The first-order valence-electron chi connectivity index (χ1n) is 14.3. The maximum absolute atomic E-state index is 12.7. The average Bonchev–Trinajstić information content (AvgIpc) is 3.44. The van der Waals surface area contributed by atoms with E-state index in [0.29, 0.717) is 6.54 Å². The van der Waals surface area contributed by atoms with Gasteiger partial charge in [-0.05, 0) is 70.8 Å². The molecule has 0 aliphatic heterocycles. The first kappa shape index (κ1) is 28.8. The lowest BCUT2D eigenvalue weighted by molar-refractivity contribution is -0.125. The van der Waals surface area contributed by atoms with Crippen LogP contribution in [-0.2, 0) is 17.8 Å². The van der Waals surface area contributed by atoms with Crippen molar-refractivity contribution >= 4 is 17.2 Å². The Morgan fingerprint density at radius 2 is 1.54 bits per heavy atom. The molecule has 0 aliphatic carbocycles. The Morgan fingerprint density at radius 3 is 2.28 bits per heavy atom.